The van der Waals surface area contributed by atoms with E-state index in [1.165, 1.54) is 0 Å². The maximum atomic E-state index is 12.9. The van der Waals surface area contributed by atoms with Crippen molar-refractivity contribution >= 4 is 29.9 Å². The van der Waals surface area contributed by atoms with Gasteiger partial charge in [0.2, 0.25) is 5.91 Å². The van der Waals surface area contributed by atoms with Crippen molar-refractivity contribution < 1.29 is 19.1 Å². The number of fused-ring (bicyclic) bond motifs is 1. The smallest absolute Gasteiger partial charge is 0.255 e. The molecular formula is C18H26ClN3O4. The lowest BCUT2D eigenvalue weighted by molar-refractivity contribution is -0.222. The first-order chi connectivity index (χ1) is 11.8. The molecule has 2 amide bonds. The average Bonchev–Trinajstić information content (AvgIpc) is 2.60. The van der Waals surface area contributed by atoms with Crippen LogP contribution in [0.1, 0.15) is 26.7 Å². The Bertz CT molecular complexity index is 680. The molecule has 1 aliphatic heterocycles. The van der Waals surface area contributed by atoms with Gasteiger partial charge in [0.05, 0.1) is 6.10 Å². The summed E-state index contributed by atoms with van der Waals surface area (Å²) in [6, 6.07) is 6.75. The lowest BCUT2D eigenvalue weighted by atomic mass is 9.46. The first-order valence-corrected chi connectivity index (χ1v) is 8.50. The number of rotatable bonds is 5. The molecule has 26 heavy (non-hydrogen) atoms. The fourth-order valence-corrected chi connectivity index (χ4v) is 4.06. The van der Waals surface area contributed by atoms with E-state index in [-0.39, 0.29) is 36.9 Å². The summed E-state index contributed by atoms with van der Waals surface area (Å²) in [6.07, 6.45) is 1.86. The van der Waals surface area contributed by atoms with E-state index in [2.05, 4.69) is 5.32 Å². The summed E-state index contributed by atoms with van der Waals surface area (Å²) in [5.41, 5.74) is 10.8. The molecule has 0 aromatic heterocycles. The van der Waals surface area contributed by atoms with Gasteiger partial charge < -0.3 is 26.3 Å². The summed E-state index contributed by atoms with van der Waals surface area (Å²) >= 11 is 0. The second-order valence-electron chi connectivity index (χ2n) is 7.36. The van der Waals surface area contributed by atoms with Crippen LogP contribution in [0.3, 0.4) is 0 Å². The number of carbonyl (C=O) groups excluding carboxylic acids is 2. The summed E-state index contributed by atoms with van der Waals surface area (Å²) in [7, 11) is 0. The van der Waals surface area contributed by atoms with E-state index in [0.29, 0.717) is 11.4 Å². The number of amides is 2. The number of ether oxygens (including phenoxy) is 2. The third-order valence-corrected chi connectivity index (χ3v) is 5.55. The molecule has 0 radical (unpaired) electrons. The second kappa shape index (κ2) is 7.42. The summed E-state index contributed by atoms with van der Waals surface area (Å²) in [4.78, 5) is 23.6. The fraction of sp³-hybridized carbons (Fsp3) is 0.556. The van der Waals surface area contributed by atoms with Crippen LogP contribution in [-0.2, 0) is 14.3 Å². The number of hydrogen-bond acceptors (Lipinski definition) is 5. The maximum Gasteiger partial charge on any atom is 0.255 e. The van der Waals surface area contributed by atoms with Gasteiger partial charge in [-0.15, -0.1) is 12.4 Å². The van der Waals surface area contributed by atoms with Gasteiger partial charge in [-0.1, -0.05) is 13.8 Å². The minimum Gasteiger partial charge on any atom is -0.484 e. The van der Waals surface area contributed by atoms with Gasteiger partial charge in [-0.3, -0.25) is 9.59 Å². The topological polar surface area (TPSA) is 117 Å². The Morgan fingerprint density at radius 1 is 1.31 bits per heavy atom. The highest BCUT2D eigenvalue weighted by atomic mass is 35.5. The van der Waals surface area contributed by atoms with Crippen LogP contribution in [0.15, 0.2) is 24.3 Å². The molecule has 7 nitrogen and oxygen atoms in total. The molecule has 3 rings (SSSR count). The van der Waals surface area contributed by atoms with Crippen molar-refractivity contribution in [2.24, 2.45) is 22.8 Å². The van der Waals surface area contributed by atoms with E-state index in [9.17, 15) is 9.59 Å². The van der Waals surface area contributed by atoms with Crippen LogP contribution >= 0.6 is 12.4 Å². The summed E-state index contributed by atoms with van der Waals surface area (Å²) < 4.78 is 11.0. The molecule has 1 aliphatic carbocycles. The summed E-state index contributed by atoms with van der Waals surface area (Å²) in [6.45, 7) is 4.52. The Labute approximate surface area is 159 Å². The number of hydrogen-bond donors (Lipinski definition) is 3. The van der Waals surface area contributed by atoms with Crippen molar-refractivity contribution in [3.05, 3.63) is 24.3 Å². The minimum absolute atomic E-state index is 0. The van der Waals surface area contributed by atoms with Gasteiger partial charge in [-0.25, -0.2) is 0 Å². The second-order valence-corrected chi connectivity index (χ2v) is 7.36. The number of benzene rings is 1. The van der Waals surface area contributed by atoms with Crippen molar-refractivity contribution in [3.8, 4) is 5.75 Å². The van der Waals surface area contributed by atoms with Gasteiger partial charge in [-0.05, 0) is 37.1 Å². The number of nitrogens with one attached hydrogen (secondary N) is 1. The third kappa shape index (κ3) is 3.26. The zero-order chi connectivity index (χ0) is 18.2. The molecule has 144 valence electrons. The van der Waals surface area contributed by atoms with Crippen LogP contribution in [0.4, 0.5) is 5.69 Å². The fourth-order valence-electron chi connectivity index (χ4n) is 4.06. The molecule has 1 saturated carbocycles. The molecule has 2 aliphatic rings. The van der Waals surface area contributed by atoms with Crippen molar-refractivity contribution in [2.45, 2.75) is 38.3 Å². The van der Waals surface area contributed by atoms with E-state index in [0.717, 1.165) is 19.4 Å². The van der Waals surface area contributed by atoms with Crippen LogP contribution in [0.2, 0.25) is 0 Å². The molecule has 3 atom stereocenters. The first-order valence-electron chi connectivity index (χ1n) is 8.50. The average molecular weight is 384 g/mol. The Balaban J connectivity index is 0.00000243. The van der Waals surface area contributed by atoms with Crippen LogP contribution < -0.4 is 21.5 Å². The number of nitrogens with two attached hydrogens (primary N) is 2. The highest BCUT2D eigenvalue weighted by Crippen LogP contribution is 2.57. The SMILES string of the molecule is CC1(C)C2OCCCC2C1(N)C(=O)Nc1ccc(OCC(N)=O)cc1.Cl. The Hall–Kier alpha value is -1.83. The van der Waals surface area contributed by atoms with Gasteiger partial charge in [-0.2, -0.15) is 0 Å². The monoisotopic (exact) mass is 383 g/mol. The Morgan fingerprint density at radius 2 is 1.96 bits per heavy atom. The highest BCUT2D eigenvalue weighted by Gasteiger charge is 2.70. The van der Waals surface area contributed by atoms with Crippen molar-refractivity contribution in [1.29, 1.82) is 0 Å². The van der Waals surface area contributed by atoms with Gasteiger partial charge >= 0.3 is 0 Å². The van der Waals surface area contributed by atoms with E-state index >= 15 is 0 Å². The van der Waals surface area contributed by atoms with Gasteiger partial charge in [0.15, 0.2) is 6.61 Å². The summed E-state index contributed by atoms with van der Waals surface area (Å²) in [5.74, 6) is -0.202. The van der Waals surface area contributed by atoms with E-state index in [1.54, 1.807) is 24.3 Å². The first kappa shape index (κ1) is 20.5. The van der Waals surface area contributed by atoms with Crippen LogP contribution in [0.25, 0.3) is 0 Å². The molecule has 5 N–H and O–H groups in total. The molecular weight excluding hydrogens is 358 g/mol. The number of halogens is 1. The van der Waals surface area contributed by atoms with E-state index in [1.807, 2.05) is 13.8 Å². The quantitative estimate of drug-likeness (QED) is 0.711. The molecule has 1 aromatic carbocycles. The van der Waals surface area contributed by atoms with Gasteiger partial charge in [0.1, 0.15) is 11.3 Å². The lowest BCUT2D eigenvalue weighted by Gasteiger charge is -2.65. The van der Waals surface area contributed by atoms with Crippen LogP contribution in [0.5, 0.6) is 5.75 Å². The molecule has 1 heterocycles. The molecule has 2 fully saturated rings. The maximum absolute atomic E-state index is 12.9. The minimum atomic E-state index is -0.959. The van der Waals surface area contributed by atoms with Crippen molar-refractivity contribution in [2.75, 3.05) is 18.5 Å². The molecule has 1 aromatic rings. The zero-order valence-electron chi connectivity index (χ0n) is 15.0. The van der Waals surface area contributed by atoms with E-state index in [4.69, 9.17) is 20.9 Å². The number of anilines is 1. The normalized spacial score (nSPS) is 28.7. The van der Waals surface area contributed by atoms with E-state index < -0.39 is 16.9 Å². The number of carbonyl (C=O) groups is 2. The van der Waals surface area contributed by atoms with Crippen LogP contribution in [0, 0.1) is 11.3 Å². The van der Waals surface area contributed by atoms with Crippen LogP contribution in [-0.4, -0.2) is 36.7 Å². The van der Waals surface area contributed by atoms with Gasteiger partial charge in [0, 0.05) is 23.6 Å². The van der Waals surface area contributed by atoms with Crippen molar-refractivity contribution in [1.82, 2.24) is 0 Å². The third-order valence-electron chi connectivity index (χ3n) is 5.55. The molecule has 0 spiro atoms. The molecule has 8 heteroatoms. The Kier molecular flexibility index (Phi) is 5.85. The summed E-state index contributed by atoms with van der Waals surface area (Å²) in [5, 5.41) is 2.90. The predicted octanol–water partition coefficient (Wildman–Crippen LogP) is 1.44. The van der Waals surface area contributed by atoms with Gasteiger partial charge in [0.25, 0.3) is 5.91 Å². The Morgan fingerprint density at radius 3 is 2.58 bits per heavy atom. The zero-order valence-corrected chi connectivity index (χ0v) is 15.8. The standard InChI is InChI=1S/C18H25N3O4.ClH/c1-17(2)15-13(4-3-9-24-15)18(17,20)16(23)21-11-5-7-12(8-6-11)25-10-14(19)22;/h5-8,13,15H,3-4,9-10,20H2,1-2H3,(H2,19,22)(H,21,23);1H. The molecule has 0 bridgehead atoms. The highest BCUT2D eigenvalue weighted by molar-refractivity contribution is 6.00. The van der Waals surface area contributed by atoms with Crippen molar-refractivity contribution in [3.63, 3.8) is 0 Å². The predicted molar refractivity (Wildman–Crippen MR) is 100 cm³/mol. The molecule has 3 unspecified atom stereocenters. The molecule has 1 saturated heterocycles. The largest absolute Gasteiger partial charge is 0.484 e. The number of primary amides is 1. The lowest BCUT2D eigenvalue weighted by Crippen LogP contribution is -2.81.